The molecule has 2 nitrogen and oxygen atoms in total. The van der Waals surface area contributed by atoms with Crippen LogP contribution in [0, 0.1) is 5.41 Å². The minimum Gasteiger partial charge on any atom is -0.341 e. The number of halogens is 1. The molecular formula is C10H18BrNO. The van der Waals surface area contributed by atoms with Gasteiger partial charge in [-0.3, -0.25) is 4.79 Å². The summed E-state index contributed by atoms with van der Waals surface area (Å²) >= 11 is 3.21. The van der Waals surface area contributed by atoms with Gasteiger partial charge in [-0.25, -0.2) is 0 Å². The molecule has 0 aliphatic carbocycles. The van der Waals surface area contributed by atoms with Gasteiger partial charge >= 0.3 is 0 Å². The summed E-state index contributed by atoms with van der Waals surface area (Å²) in [4.78, 5) is 13.4. The third-order valence-electron chi connectivity index (χ3n) is 3.41. The summed E-state index contributed by atoms with van der Waals surface area (Å²) in [6.07, 6.45) is 3.56. The summed E-state index contributed by atoms with van der Waals surface area (Å²) in [5.41, 5.74) is 0.415. The molecule has 0 aromatic carbocycles. The number of rotatable bonds is 3. The molecule has 0 atom stereocenters. The zero-order valence-corrected chi connectivity index (χ0v) is 10.1. The molecule has 1 rings (SSSR count). The molecule has 1 aliphatic rings. The van der Waals surface area contributed by atoms with Gasteiger partial charge in [-0.05, 0) is 24.7 Å². The second-order valence-corrected chi connectivity index (χ2v) is 4.47. The Kier molecular flexibility index (Phi) is 3.77. The molecule has 1 heterocycles. The van der Waals surface area contributed by atoms with Crippen LogP contribution in [0.3, 0.4) is 0 Å². The van der Waals surface area contributed by atoms with E-state index in [1.807, 2.05) is 4.90 Å². The Labute approximate surface area is 88.8 Å². The highest BCUT2D eigenvalue weighted by atomic mass is 79.9. The fourth-order valence-corrected chi connectivity index (χ4v) is 2.41. The van der Waals surface area contributed by atoms with Gasteiger partial charge in [-0.15, -0.1) is 0 Å². The van der Waals surface area contributed by atoms with Crippen LogP contribution in [0.25, 0.3) is 0 Å². The molecule has 13 heavy (non-hydrogen) atoms. The van der Waals surface area contributed by atoms with Gasteiger partial charge in [0, 0.05) is 13.1 Å². The van der Waals surface area contributed by atoms with E-state index in [0.29, 0.717) is 10.7 Å². The molecule has 1 aliphatic heterocycles. The van der Waals surface area contributed by atoms with E-state index in [-0.39, 0.29) is 5.91 Å². The number of hydrogen-bond acceptors (Lipinski definition) is 1. The van der Waals surface area contributed by atoms with Gasteiger partial charge < -0.3 is 4.90 Å². The monoisotopic (exact) mass is 247 g/mol. The van der Waals surface area contributed by atoms with E-state index in [0.717, 1.165) is 13.1 Å². The maximum absolute atomic E-state index is 11.4. The molecule has 0 aromatic rings. The third-order valence-corrected chi connectivity index (χ3v) is 3.89. The van der Waals surface area contributed by atoms with Crippen molar-refractivity contribution >= 4 is 21.8 Å². The smallest absolute Gasteiger partial charge is 0.233 e. The molecule has 0 aromatic heterocycles. The summed E-state index contributed by atoms with van der Waals surface area (Å²) < 4.78 is 0. The van der Waals surface area contributed by atoms with Gasteiger partial charge in [0.2, 0.25) is 5.91 Å². The van der Waals surface area contributed by atoms with E-state index in [2.05, 4.69) is 29.8 Å². The summed E-state index contributed by atoms with van der Waals surface area (Å²) in [7, 11) is 0. The lowest BCUT2D eigenvalue weighted by Crippen LogP contribution is -2.32. The van der Waals surface area contributed by atoms with Gasteiger partial charge in [-0.2, -0.15) is 0 Å². The van der Waals surface area contributed by atoms with Crippen LogP contribution in [0.4, 0.5) is 0 Å². The van der Waals surface area contributed by atoms with Gasteiger partial charge in [0.25, 0.3) is 0 Å². The topological polar surface area (TPSA) is 20.3 Å². The van der Waals surface area contributed by atoms with Crippen molar-refractivity contribution in [2.75, 3.05) is 18.4 Å². The van der Waals surface area contributed by atoms with E-state index < -0.39 is 0 Å². The lowest BCUT2D eigenvalue weighted by molar-refractivity contribution is -0.127. The first kappa shape index (κ1) is 11.0. The number of carbonyl (C=O) groups is 1. The Morgan fingerprint density at radius 2 is 2.08 bits per heavy atom. The Morgan fingerprint density at radius 3 is 2.46 bits per heavy atom. The van der Waals surface area contributed by atoms with E-state index in [1.54, 1.807) is 0 Å². The zero-order valence-electron chi connectivity index (χ0n) is 8.48. The van der Waals surface area contributed by atoms with Crippen LogP contribution in [-0.2, 0) is 4.79 Å². The van der Waals surface area contributed by atoms with Crippen molar-refractivity contribution in [1.29, 1.82) is 0 Å². The lowest BCUT2D eigenvalue weighted by Gasteiger charge is -2.26. The maximum atomic E-state index is 11.4. The van der Waals surface area contributed by atoms with Crippen molar-refractivity contribution in [2.45, 2.75) is 33.1 Å². The molecule has 0 saturated carbocycles. The van der Waals surface area contributed by atoms with Crippen molar-refractivity contribution < 1.29 is 4.79 Å². The molecule has 3 heteroatoms. The van der Waals surface area contributed by atoms with Crippen molar-refractivity contribution in [1.82, 2.24) is 4.90 Å². The number of alkyl halides is 1. The highest BCUT2D eigenvalue weighted by Crippen LogP contribution is 2.36. The predicted molar refractivity (Wildman–Crippen MR) is 58.0 cm³/mol. The Balaban J connectivity index is 2.56. The van der Waals surface area contributed by atoms with Crippen LogP contribution in [0.2, 0.25) is 0 Å². The number of amides is 1. The normalized spacial score (nSPS) is 20.7. The molecule has 1 fully saturated rings. The second-order valence-electron chi connectivity index (χ2n) is 3.91. The van der Waals surface area contributed by atoms with E-state index in [9.17, 15) is 4.79 Å². The highest BCUT2D eigenvalue weighted by molar-refractivity contribution is 9.09. The molecule has 0 spiro atoms. The van der Waals surface area contributed by atoms with Crippen LogP contribution in [-0.4, -0.2) is 29.2 Å². The zero-order chi connectivity index (χ0) is 9.90. The second kappa shape index (κ2) is 4.45. The van der Waals surface area contributed by atoms with Crippen molar-refractivity contribution in [3.8, 4) is 0 Å². The van der Waals surface area contributed by atoms with Crippen molar-refractivity contribution in [3.05, 3.63) is 0 Å². The summed E-state index contributed by atoms with van der Waals surface area (Å²) in [6.45, 7) is 6.37. The van der Waals surface area contributed by atoms with Crippen LogP contribution in [0.1, 0.15) is 33.1 Å². The SMILES string of the molecule is CCC1(CC)CCN(C(=O)CBr)C1. The predicted octanol–water partition coefficient (Wildman–Crippen LogP) is 2.42. The van der Waals surface area contributed by atoms with Crippen LogP contribution in [0.5, 0.6) is 0 Å². The first-order valence-electron chi connectivity index (χ1n) is 5.01. The summed E-state index contributed by atoms with van der Waals surface area (Å²) in [6, 6.07) is 0. The van der Waals surface area contributed by atoms with Gasteiger partial charge in [0.1, 0.15) is 0 Å². The number of likely N-dealkylation sites (tertiary alicyclic amines) is 1. The minimum absolute atomic E-state index is 0.240. The molecule has 0 N–H and O–H groups in total. The van der Waals surface area contributed by atoms with E-state index in [4.69, 9.17) is 0 Å². The molecule has 0 radical (unpaired) electrons. The van der Waals surface area contributed by atoms with Gasteiger partial charge in [0.15, 0.2) is 0 Å². The van der Waals surface area contributed by atoms with Crippen LogP contribution < -0.4 is 0 Å². The fourth-order valence-electron chi connectivity index (χ4n) is 2.06. The first-order chi connectivity index (χ1) is 6.17. The molecule has 1 amide bonds. The number of hydrogen-bond donors (Lipinski definition) is 0. The highest BCUT2D eigenvalue weighted by Gasteiger charge is 2.36. The quantitative estimate of drug-likeness (QED) is 0.702. The summed E-state index contributed by atoms with van der Waals surface area (Å²) in [5.74, 6) is 0.240. The van der Waals surface area contributed by atoms with Gasteiger partial charge in [-0.1, -0.05) is 29.8 Å². The number of nitrogens with zero attached hydrogens (tertiary/aromatic N) is 1. The Morgan fingerprint density at radius 1 is 1.46 bits per heavy atom. The molecule has 76 valence electrons. The van der Waals surface area contributed by atoms with E-state index in [1.165, 1.54) is 19.3 Å². The third kappa shape index (κ3) is 2.25. The van der Waals surface area contributed by atoms with Gasteiger partial charge in [0.05, 0.1) is 5.33 Å². The Hall–Kier alpha value is -0.0500. The molecule has 0 bridgehead atoms. The molecule has 1 saturated heterocycles. The summed E-state index contributed by atoms with van der Waals surface area (Å²) in [5, 5.41) is 0.469. The minimum atomic E-state index is 0.240. The standard InChI is InChI=1S/C10H18BrNO/c1-3-10(4-2)5-6-12(8-10)9(13)7-11/h3-8H2,1-2H3. The van der Waals surface area contributed by atoms with Crippen molar-refractivity contribution in [3.63, 3.8) is 0 Å². The Bertz CT molecular complexity index is 189. The lowest BCUT2D eigenvalue weighted by atomic mass is 9.82. The first-order valence-corrected chi connectivity index (χ1v) is 6.13. The molecular weight excluding hydrogens is 230 g/mol. The average Bonchev–Trinajstić information content (AvgIpc) is 2.61. The number of carbonyl (C=O) groups excluding carboxylic acids is 1. The van der Waals surface area contributed by atoms with Crippen LogP contribution in [0.15, 0.2) is 0 Å². The van der Waals surface area contributed by atoms with Crippen LogP contribution >= 0.6 is 15.9 Å². The fraction of sp³-hybridized carbons (Fsp3) is 0.900. The average molecular weight is 248 g/mol. The van der Waals surface area contributed by atoms with E-state index >= 15 is 0 Å². The maximum Gasteiger partial charge on any atom is 0.233 e. The van der Waals surface area contributed by atoms with Crippen molar-refractivity contribution in [2.24, 2.45) is 5.41 Å². The molecule has 0 unspecified atom stereocenters. The largest absolute Gasteiger partial charge is 0.341 e.